The Labute approximate surface area is 170 Å². The molecule has 1 aliphatic heterocycles. The highest BCUT2D eigenvalue weighted by Gasteiger charge is 2.35. The number of aldehydes is 1. The van der Waals surface area contributed by atoms with Crippen LogP contribution in [0.25, 0.3) is 0 Å². The van der Waals surface area contributed by atoms with Gasteiger partial charge in [0, 0.05) is 11.3 Å². The fourth-order valence-electron chi connectivity index (χ4n) is 3.32. The molecule has 1 amide bonds. The van der Waals surface area contributed by atoms with Gasteiger partial charge in [0.05, 0.1) is 24.2 Å². The zero-order valence-corrected chi connectivity index (χ0v) is 16.9. The van der Waals surface area contributed by atoms with Gasteiger partial charge in [-0.25, -0.2) is 8.42 Å². The molecule has 0 N–H and O–H groups in total. The molecule has 0 unspecified atom stereocenters. The minimum atomic E-state index is -3.16. The smallest absolute Gasteiger partial charge is 0.265 e. The first-order chi connectivity index (χ1) is 13.9. The van der Waals surface area contributed by atoms with Gasteiger partial charge in [0.2, 0.25) is 0 Å². The van der Waals surface area contributed by atoms with Crippen LogP contribution in [-0.4, -0.2) is 51.4 Å². The average Bonchev–Trinajstić information content (AvgIpc) is 3.07. The van der Waals surface area contributed by atoms with E-state index in [1.165, 1.54) is 4.90 Å². The van der Waals surface area contributed by atoms with E-state index < -0.39 is 15.9 Å². The lowest BCUT2D eigenvalue weighted by atomic mass is 10.2. The molecule has 0 spiro atoms. The Kier molecular flexibility index (Phi) is 6.53. The lowest BCUT2D eigenvalue weighted by Crippen LogP contribution is -2.43. The first-order valence-electron chi connectivity index (χ1n) is 9.36. The molecule has 2 aromatic rings. The van der Waals surface area contributed by atoms with Crippen LogP contribution in [0.3, 0.4) is 0 Å². The zero-order chi connectivity index (χ0) is 20.9. The molecule has 3 rings (SSSR count). The molecule has 1 heterocycles. The molecule has 0 aromatic heterocycles. The van der Waals surface area contributed by atoms with Crippen molar-refractivity contribution in [3.8, 4) is 11.5 Å². The quantitative estimate of drug-likeness (QED) is 0.613. The predicted molar refractivity (Wildman–Crippen MR) is 109 cm³/mol. The van der Waals surface area contributed by atoms with Crippen molar-refractivity contribution in [3.63, 3.8) is 0 Å². The molecule has 29 heavy (non-hydrogen) atoms. The molecule has 7 nitrogen and oxygen atoms in total. The van der Waals surface area contributed by atoms with Gasteiger partial charge in [-0.3, -0.25) is 9.59 Å². The molecule has 0 radical (unpaired) electrons. The number of rotatable bonds is 8. The zero-order valence-electron chi connectivity index (χ0n) is 16.1. The van der Waals surface area contributed by atoms with Crippen LogP contribution in [0.2, 0.25) is 0 Å². The molecule has 1 fully saturated rings. The third-order valence-electron chi connectivity index (χ3n) is 4.63. The Bertz CT molecular complexity index is 974. The third kappa shape index (κ3) is 5.14. The molecule has 2 aromatic carbocycles. The SMILES string of the molecule is CCOc1cc(C=O)ccc1OCC(=O)N(c1ccccc1)[C@@H]1CCS(=O)(=O)C1. The number of hydrogen-bond acceptors (Lipinski definition) is 6. The van der Waals surface area contributed by atoms with Gasteiger partial charge < -0.3 is 14.4 Å². The maximum atomic E-state index is 13.0. The number of carbonyl (C=O) groups excluding carboxylic acids is 2. The summed E-state index contributed by atoms with van der Waals surface area (Å²) in [5.74, 6) is 0.375. The van der Waals surface area contributed by atoms with Gasteiger partial charge in [-0.15, -0.1) is 0 Å². The predicted octanol–water partition coefficient (Wildman–Crippen LogP) is 2.50. The summed E-state index contributed by atoms with van der Waals surface area (Å²) in [5.41, 5.74) is 1.07. The fraction of sp³-hybridized carbons (Fsp3) is 0.333. The number of carbonyl (C=O) groups is 2. The molecule has 1 atom stereocenters. The van der Waals surface area contributed by atoms with Crippen molar-refractivity contribution in [3.05, 3.63) is 54.1 Å². The van der Waals surface area contributed by atoms with Crippen molar-refractivity contribution < 1.29 is 27.5 Å². The second-order valence-corrected chi connectivity index (χ2v) is 8.93. The Morgan fingerprint density at radius 2 is 1.90 bits per heavy atom. The topological polar surface area (TPSA) is 90.0 Å². The normalized spacial score (nSPS) is 17.5. The Morgan fingerprint density at radius 1 is 1.14 bits per heavy atom. The summed E-state index contributed by atoms with van der Waals surface area (Å²) in [5, 5.41) is 0. The minimum absolute atomic E-state index is 0.0636. The lowest BCUT2D eigenvalue weighted by Gasteiger charge is -2.28. The first kappa shape index (κ1) is 20.9. The van der Waals surface area contributed by atoms with Crippen LogP contribution in [-0.2, 0) is 14.6 Å². The van der Waals surface area contributed by atoms with Gasteiger partial charge in [-0.2, -0.15) is 0 Å². The van der Waals surface area contributed by atoms with E-state index in [-0.39, 0.29) is 24.0 Å². The van der Waals surface area contributed by atoms with Gasteiger partial charge in [0.1, 0.15) is 6.29 Å². The number of sulfone groups is 1. The van der Waals surface area contributed by atoms with Crippen molar-refractivity contribution in [1.29, 1.82) is 0 Å². The second kappa shape index (κ2) is 9.09. The van der Waals surface area contributed by atoms with Crippen LogP contribution in [0.1, 0.15) is 23.7 Å². The van der Waals surface area contributed by atoms with Gasteiger partial charge >= 0.3 is 0 Å². The van der Waals surface area contributed by atoms with Crippen LogP contribution < -0.4 is 14.4 Å². The van der Waals surface area contributed by atoms with Crippen molar-refractivity contribution in [2.75, 3.05) is 29.6 Å². The summed E-state index contributed by atoms with van der Waals surface area (Å²) in [6, 6.07) is 13.2. The minimum Gasteiger partial charge on any atom is -0.490 e. The number of nitrogens with zero attached hydrogens (tertiary/aromatic N) is 1. The van der Waals surface area contributed by atoms with E-state index in [2.05, 4.69) is 0 Å². The van der Waals surface area contributed by atoms with E-state index in [0.717, 1.165) is 0 Å². The summed E-state index contributed by atoms with van der Waals surface area (Å²) < 4.78 is 35.1. The summed E-state index contributed by atoms with van der Waals surface area (Å²) >= 11 is 0. The van der Waals surface area contributed by atoms with Crippen LogP contribution in [0.4, 0.5) is 5.69 Å². The Balaban J connectivity index is 1.80. The average molecular weight is 417 g/mol. The maximum absolute atomic E-state index is 13.0. The fourth-order valence-corrected chi connectivity index (χ4v) is 5.02. The van der Waals surface area contributed by atoms with Crippen molar-refractivity contribution in [1.82, 2.24) is 0 Å². The summed E-state index contributed by atoms with van der Waals surface area (Å²) in [7, 11) is -3.16. The molecule has 0 bridgehead atoms. The number of ether oxygens (including phenoxy) is 2. The number of anilines is 1. The molecule has 1 saturated heterocycles. The van der Waals surface area contributed by atoms with Crippen molar-refractivity contribution in [2.45, 2.75) is 19.4 Å². The summed E-state index contributed by atoms with van der Waals surface area (Å²) in [4.78, 5) is 25.5. The monoisotopic (exact) mass is 417 g/mol. The number of benzene rings is 2. The highest BCUT2D eigenvalue weighted by Crippen LogP contribution is 2.29. The van der Waals surface area contributed by atoms with E-state index in [0.29, 0.717) is 42.1 Å². The molecule has 0 aliphatic carbocycles. The molecular weight excluding hydrogens is 394 g/mol. The largest absolute Gasteiger partial charge is 0.490 e. The number of amides is 1. The van der Waals surface area contributed by atoms with Crippen LogP contribution in [0.15, 0.2) is 48.5 Å². The standard InChI is InChI=1S/C21H23NO6S/c1-2-27-20-12-16(13-23)8-9-19(20)28-14-21(24)22(17-6-4-3-5-7-17)18-10-11-29(25,26)15-18/h3-9,12-13,18H,2,10-11,14-15H2,1H3/t18-/m1/s1. The Hall–Kier alpha value is -2.87. The second-order valence-electron chi connectivity index (χ2n) is 6.70. The van der Waals surface area contributed by atoms with Crippen LogP contribution in [0.5, 0.6) is 11.5 Å². The highest BCUT2D eigenvalue weighted by molar-refractivity contribution is 7.91. The molecule has 154 valence electrons. The van der Waals surface area contributed by atoms with E-state index in [1.54, 1.807) is 49.4 Å². The molecular formula is C21H23NO6S. The molecule has 8 heteroatoms. The van der Waals surface area contributed by atoms with E-state index in [9.17, 15) is 18.0 Å². The number of hydrogen-bond donors (Lipinski definition) is 0. The van der Waals surface area contributed by atoms with Gasteiger partial charge in [0.15, 0.2) is 27.9 Å². The van der Waals surface area contributed by atoms with E-state index >= 15 is 0 Å². The lowest BCUT2D eigenvalue weighted by molar-refractivity contribution is -0.121. The van der Waals surface area contributed by atoms with Crippen LogP contribution >= 0.6 is 0 Å². The summed E-state index contributed by atoms with van der Waals surface area (Å²) in [6.07, 6.45) is 1.09. The molecule has 0 saturated carbocycles. The third-order valence-corrected chi connectivity index (χ3v) is 6.38. The van der Waals surface area contributed by atoms with Gasteiger partial charge in [-0.05, 0) is 43.7 Å². The summed E-state index contributed by atoms with van der Waals surface area (Å²) in [6.45, 7) is 1.90. The molecule has 1 aliphatic rings. The van der Waals surface area contributed by atoms with E-state index in [4.69, 9.17) is 9.47 Å². The van der Waals surface area contributed by atoms with Crippen LogP contribution in [0, 0.1) is 0 Å². The van der Waals surface area contributed by atoms with E-state index in [1.807, 2.05) is 6.07 Å². The highest BCUT2D eigenvalue weighted by atomic mass is 32.2. The first-order valence-corrected chi connectivity index (χ1v) is 11.2. The van der Waals surface area contributed by atoms with Gasteiger partial charge in [-0.1, -0.05) is 18.2 Å². The van der Waals surface area contributed by atoms with Crippen molar-refractivity contribution >= 4 is 27.7 Å². The van der Waals surface area contributed by atoms with Crippen molar-refractivity contribution in [2.24, 2.45) is 0 Å². The maximum Gasteiger partial charge on any atom is 0.265 e. The van der Waals surface area contributed by atoms with Gasteiger partial charge in [0.25, 0.3) is 5.91 Å². The Morgan fingerprint density at radius 3 is 2.52 bits per heavy atom. The number of para-hydroxylation sites is 1.